The van der Waals surface area contributed by atoms with E-state index in [0.29, 0.717) is 0 Å². The molecule has 0 aliphatic carbocycles. The Bertz CT molecular complexity index is 379. The van der Waals surface area contributed by atoms with Crippen LogP contribution in [0.2, 0.25) is 0 Å². The highest BCUT2D eigenvalue weighted by Crippen LogP contribution is 2.17. The first-order valence-electron chi connectivity index (χ1n) is 5.68. The molecule has 0 fully saturated rings. The van der Waals surface area contributed by atoms with Crippen molar-refractivity contribution in [3.63, 3.8) is 0 Å². The number of hydrogen-bond donors (Lipinski definition) is 1. The second-order valence-corrected chi connectivity index (χ2v) is 3.87. The van der Waals surface area contributed by atoms with E-state index in [0.717, 1.165) is 29.7 Å². The Kier molecular flexibility index (Phi) is 4.77. The first kappa shape index (κ1) is 12.5. The fourth-order valence-electron chi connectivity index (χ4n) is 1.45. The van der Waals surface area contributed by atoms with Gasteiger partial charge in [-0.15, -0.1) is 0 Å². The molecule has 1 rings (SSSR count). The predicted octanol–water partition coefficient (Wildman–Crippen LogP) is 3.01. The zero-order chi connectivity index (χ0) is 12.0. The highest BCUT2D eigenvalue weighted by molar-refractivity contribution is 6.00. The van der Waals surface area contributed by atoms with Crippen molar-refractivity contribution in [1.82, 2.24) is 5.32 Å². The van der Waals surface area contributed by atoms with Gasteiger partial charge in [0.05, 0.1) is 0 Å². The SMILES string of the molecule is CCCNC(=O)/C(C)=C(/C)c1ccccc1. The quantitative estimate of drug-likeness (QED) is 0.772. The van der Waals surface area contributed by atoms with Gasteiger partial charge in [0.1, 0.15) is 0 Å². The molecule has 0 saturated carbocycles. The van der Waals surface area contributed by atoms with Gasteiger partial charge >= 0.3 is 0 Å². The Balaban J connectivity index is 2.84. The van der Waals surface area contributed by atoms with Gasteiger partial charge in [0.2, 0.25) is 5.91 Å². The van der Waals surface area contributed by atoms with Crippen LogP contribution in [-0.4, -0.2) is 12.5 Å². The lowest BCUT2D eigenvalue weighted by Gasteiger charge is -2.08. The van der Waals surface area contributed by atoms with Crippen molar-refractivity contribution in [2.45, 2.75) is 27.2 Å². The lowest BCUT2D eigenvalue weighted by atomic mass is 10.0. The fraction of sp³-hybridized carbons (Fsp3) is 0.357. The average Bonchev–Trinajstić information content (AvgIpc) is 2.35. The van der Waals surface area contributed by atoms with Crippen LogP contribution >= 0.6 is 0 Å². The molecule has 0 aromatic heterocycles. The van der Waals surface area contributed by atoms with E-state index >= 15 is 0 Å². The number of carbonyl (C=O) groups excluding carboxylic acids is 1. The number of nitrogens with one attached hydrogen (secondary N) is 1. The molecule has 0 atom stereocenters. The molecule has 0 radical (unpaired) electrons. The van der Waals surface area contributed by atoms with Crippen molar-refractivity contribution < 1.29 is 4.79 Å². The summed E-state index contributed by atoms with van der Waals surface area (Å²) in [5.41, 5.74) is 2.93. The third-order valence-electron chi connectivity index (χ3n) is 2.65. The Labute approximate surface area is 97.4 Å². The zero-order valence-electron chi connectivity index (χ0n) is 10.2. The molecule has 86 valence electrons. The Morgan fingerprint density at radius 3 is 2.38 bits per heavy atom. The molecule has 1 amide bonds. The number of rotatable bonds is 4. The molecule has 16 heavy (non-hydrogen) atoms. The number of amides is 1. The van der Waals surface area contributed by atoms with E-state index in [-0.39, 0.29) is 5.91 Å². The largest absolute Gasteiger partial charge is 0.352 e. The monoisotopic (exact) mass is 217 g/mol. The molecule has 2 nitrogen and oxygen atoms in total. The molecule has 0 aliphatic rings. The number of allylic oxidation sites excluding steroid dienone is 1. The van der Waals surface area contributed by atoms with Crippen LogP contribution < -0.4 is 5.32 Å². The van der Waals surface area contributed by atoms with E-state index in [1.54, 1.807) is 0 Å². The van der Waals surface area contributed by atoms with Crippen molar-refractivity contribution >= 4 is 11.5 Å². The molecular weight excluding hydrogens is 198 g/mol. The number of hydrogen-bond acceptors (Lipinski definition) is 1. The molecule has 0 saturated heterocycles. The maximum absolute atomic E-state index is 11.7. The van der Waals surface area contributed by atoms with E-state index in [1.165, 1.54) is 0 Å². The van der Waals surface area contributed by atoms with Crippen molar-refractivity contribution in [3.8, 4) is 0 Å². The molecule has 0 heterocycles. The number of carbonyl (C=O) groups is 1. The lowest BCUT2D eigenvalue weighted by Crippen LogP contribution is -2.25. The number of benzene rings is 1. The minimum absolute atomic E-state index is 0.0307. The molecule has 1 aromatic rings. The second-order valence-electron chi connectivity index (χ2n) is 3.87. The van der Waals surface area contributed by atoms with E-state index < -0.39 is 0 Å². The van der Waals surface area contributed by atoms with Gasteiger partial charge in [0, 0.05) is 12.1 Å². The summed E-state index contributed by atoms with van der Waals surface area (Å²) in [6.45, 7) is 6.63. The maximum Gasteiger partial charge on any atom is 0.247 e. The fourth-order valence-corrected chi connectivity index (χ4v) is 1.45. The Hall–Kier alpha value is -1.57. The van der Waals surface area contributed by atoms with Crippen LogP contribution in [0.3, 0.4) is 0 Å². The third kappa shape index (κ3) is 3.23. The minimum Gasteiger partial charge on any atom is -0.352 e. The van der Waals surface area contributed by atoms with E-state index in [4.69, 9.17) is 0 Å². The molecule has 2 heteroatoms. The summed E-state index contributed by atoms with van der Waals surface area (Å²) in [6, 6.07) is 9.98. The molecule has 1 N–H and O–H groups in total. The summed E-state index contributed by atoms with van der Waals surface area (Å²) in [6.07, 6.45) is 0.962. The van der Waals surface area contributed by atoms with Gasteiger partial charge in [0.25, 0.3) is 0 Å². The second kappa shape index (κ2) is 6.11. The van der Waals surface area contributed by atoms with Crippen LogP contribution in [0.15, 0.2) is 35.9 Å². The van der Waals surface area contributed by atoms with Crippen LogP contribution in [0.5, 0.6) is 0 Å². The van der Waals surface area contributed by atoms with Crippen LogP contribution in [0, 0.1) is 0 Å². The molecule has 1 aromatic carbocycles. The smallest absolute Gasteiger partial charge is 0.247 e. The molecule has 0 unspecified atom stereocenters. The van der Waals surface area contributed by atoms with Crippen molar-refractivity contribution in [3.05, 3.63) is 41.5 Å². The van der Waals surface area contributed by atoms with Crippen molar-refractivity contribution in [1.29, 1.82) is 0 Å². The molecule has 0 aliphatic heterocycles. The summed E-state index contributed by atoms with van der Waals surface area (Å²) in [5, 5.41) is 2.89. The van der Waals surface area contributed by atoms with Gasteiger partial charge in [0.15, 0.2) is 0 Å². The van der Waals surface area contributed by atoms with Crippen LogP contribution in [0.1, 0.15) is 32.8 Å². The average molecular weight is 217 g/mol. The van der Waals surface area contributed by atoms with Gasteiger partial charge in [-0.25, -0.2) is 0 Å². The van der Waals surface area contributed by atoms with E-state index in [9.17, 15) is 4.79 Å². The maximum atomic E-state index is 11.7. The summed E-state index contributed by atoms with van der Waals surface area (Å²) >= 11 is 0. The van der Waals surface area contributed by atoms with Gasteiger partial charge in [-0.05, 0) is 31.4 Å². The predicted molar refractivity (Wildman–Crippen MR) is 68.0 cm³/mol. The minimum atomic E-state index is 0.0307. The van der Waals surface area contributed by atoms with Gasteiger partial charge in [-0.3, -0.25) is 4.79 Å². The standard InChI is InChI=1S/C14H19NO/c1-4-10-15-14(16)12(3)11(2)13-8-6-5-7-9-13/h5-9H,4,10H2,1-3H3,(H,15,16)/b12-11-. The highest BCUT2D eigenvalue weighted by atomic mass is 16.1. The molecular formula is C14H19NO. The van der Waals surface area contributed by atoms with E-state index in [1.807, 2.05) is 51.1 Å². The van der Waals surface area contributed by atoms with Gasteiger partial charge in [-0.2, -0.15) is 0 Å². The van der Waals surface area contributed by atoms with Crippen LogP contribution in [0.4, 0.5) is 0 Å². The highest BCUT2D eigenvalue weighted by Gasteiger charge is 2.07. The van der Waals surface area contributed by atoms with Crippen molar-refractivity contribution in [2.75, 3.05) is 6.54 Å². The summed E-state index contributed by atoms with van der Waals surface area (Å²) in [7, 11) is 0. The lowest BCUT2D eigenvalue weighted by molar-refractivity contribution is -0.117. The first-order chi connectivity index (χ1) is 7.66. The van der Waals surface area contributed by atoms with E-state index in [2.05, 4.69) is 5.32 Å². The Morgan fingerprint density at radius 2 is 1.81 bits per heavy atom. The molecule has 0 bridgehead atoms. The summed E-state index contributed by atoms with van der Waals surface area (Å²) < 4.78 is 0. The first-order valence-corrected chi connectivity index (χ1v) is 5.68. The van der Waals surface area contributed by atoms with Crippen LogP contribution in [-0.2, 0) is 4.79 Å². The third-order valence-corrected chi connectivity index (χ3v) is 2.65. The summed E-state index contributed by atoms with van der Waals surface area (Å²) in [4.78, 5) is 11.7. The van der Waals surface area contributed by atoms with Crippen LogP contribution in [0.25, 0.3) is 5.57 Å². The van der Waals surface area contributed by atoms with Gasteiger partial charge < -0.3 is 5.32 Å². The Morgan fingerprint density at radius 1 is 1.19 bits per heavy atom. The topological polar surface area (TPSA) is 29.1 Å². The van der Waals surface area contributed by atoms with Gasteiger partial charge in [-0.1, -0.05) is 37.3 Å². The normalized spacial score (nSPS) is 11.9. The zero-order valence-corrected chi connectivity index (χ0v) is 10.2. The molecule has 0 spiro atoms. The van der Waals surface area contributed by atoms with Crippen molar-refractivity contribution in [2.24, 2.45) is 0 Å². The summed E-state index contributed by atoms with van der Waals surface area (Å²) in [5.74, 6) is 0.0307.